The van der Waals surface area contributed by atoms with E-state index in [-0.39, 0.29) is 23.3 Å². The molecule has 2 N–H and O–H groups in total. The van der Waals surface area contributed by atoms with Crippen molar-refractivity contribution in [2.45, 2.75) is 31.7 Å². The van der Waals surface area contributed by atoms with Gasteiger partial charge in [0.15, 0.2) is 0 Å². The van der Waals surface area contributed by atoms with Crippen LogP contribution in [0.5, 0.6) is 0 Å². The number of benzene rings is 1. The number of rotatable bonds is 6. The van der Waals surface area contributed by atoms with Gasteiger partial charge < -0.3 is 5.32 Å². The largest absolute Gasteiger partial charge is 0.313 e. The van der Waals surface area contributed by atoms with Crippen LogP contribution in [0.25, 0.3) is 10.9 Å². The third-order valence-corrected chi connectivity index (χ3v) is 4.83. The van der Waals surface area contributed by atoms with Crippen molar-refractivity contribution >= 4 is 33.3 Å². The lowest BCUT2D eigenvalue weighted by Gasteiger charge is -2.15. The number of nitrogens with one attached hydrogen (secondary N) is 2. The van der Waals surface area contributed by atoms with Crippen LogP contribution in [-0.2, 0) is 10.0 Å². The summed E-state index contributed by atoms with van der Waals surface area (Å²) in [5, 5.41) is 3.83. The van der Waals surface area contributed by atoms with Gasteiger partial charge in [-0.05, 0) is 44.2 Å². The van der Waals surface area contributed by atoms with E-state index in [0.717, 1.165) is 17.6 Å². The molecule has 0 unspecified atom stereocenters. The van der Waals surface area contributed by atoms with E-state index in [4.69, 9.17) is 0 Å². The Morgan fingerprint density at radius 3 is 2.68 bits per heavy atom. The Kier molecular flexibility index (Phi) is 6.74. The van der Waals surface area contributed by atoms with Crippen molar-refractivity contribution < 1.29 is 8.42 Å². The van der Waals surface area contributed by atoms with Crippen molar-refractivity contribution in [3.8, 4) is 0 Å². The van der Waals surface area contributed by atoms with Gasteiger partial charge >= 0.3 is 0 Å². The van der Waals surface area contributed by atoms with E-state index >= 15 is 0 Å². The molecule has 0 saturated heterocycles. The van der Waals surface area contributed by atoms with Crippen LogP contribution in [0.4, 0.5) is 0 Å². The topological polar surface area (TPSA) is 71.1 Å². The molecule has 0 saturated carbocycles. The lowest BCUT2D eigenvalue weighted by Crippen LogP contribution is -2.38. The highest BCUT2D eigenvalue weighted by molar-refractivity contribution is 7.89. The van der Waals surface area contributed by atoms with Gasteiger partial charge in [0.25, 0.3) is 0 Å². The number of aromatic nitrogens is 1. The van der Waals surface area contributed by atoms with Crippen LogP contribution in [0, 0.1) is 6.92 Å². The summed E-state index contributed by atoms with van der Waals surface area (Å²) in [6, 6.07) is 7.05. The zero-order valence-corrected chi connectivity index (χ0v) is 14.6. The zero-order valence-electron chi connectivity index (χ0n) is 13.0. The summed E-state index contributed by atoms with van der Waals surface area (Å²) in [5.41, 5.74) is 1.69. The summed E-state index contributed by atoms with van der Waals surface area (Å²) in [5.74, 6) is 0. The third-order valence-electron chi connectivity index (χ3n) is 3.35. The molecule has 0 bridgehead atoms. The minimum Gasteiger partial charge on any atom is -0.313 e. The molecule has 0 radical (unpaired) electrons. The second kappa shape index (κ2) is 7.87. The van der Waals surface area contributed by atoms with Crippen molar-refractivity contribution in [3.63, 3.8) is 0 Å². The molecule has 0 fully saturated rings. The van der Waals surface area contributed by atoms with E-state index in [1.165, 1.54) is 0 Å². The van der Waals surface area contributed by atoms with Crippen LogP contribution >= 0.6 is 12.4 Å². The van der Waals surface area contributed by atoms with Crippen LogP contribution in [0.2, 0.25) is 0 Å². The van der Waals surface area contributed by atoms with Crippen LogP contribution in [0.3, 0.4) is 0 Å². The maximum Gasteiger partial charge on any atom is 0.241 e. The van der Waals surface area contributed by atoms with Gasteiger partial charge in [-0.1, -0.05) is 13.0 Å². The molecular weight excluding hydrogens is 322 g/mol. The van der Waals surface area contributed by atoms with Gasteiger partial charge in [0.2, 0.25) is 10.0 Å². The van der Waals surface area contributed by atoms with E-state index in [0.29, 0.717) is 11.9 Å². The van der Waals surface area contributed by atoms with Gasteiger partial charge in [-0.15, -0.1) is 12.4 Å². The number of sulfonamides is 1. The van der Waals surface area contributed by atoms with Gasteiger partial charge in [0.1, 0.15) is 0 Å². The monoisotopic (exact) mass is 343 g/mol. The molecule has 0 amide bonds. The molecular formula is C15H22ClN3O2S. The Balaban J connectivity index is 0.00000242. The first-order chi connectivity index (χ1) is 9.95. The summed E-state index contributed by atoms with van der Waals surface area (Å²) in [7, 11) is -3.55. The molecule has 0 aliphatic heterocycles. The SMILES string of the molecule is CCN[C@H](C)CNS(=O)(=O)c1ccc(C)c2ncccc12.Cl. The van der Waals surface area contributed by atoms with Gasteiger partial charge in [0.05, 0.1) is 10.4 Å². The molecule has 1 atom stereocenters. The Labute approximate surface area is 138 Å². The Hall–Kier alpha value is -1.21. The Morgan fingerprint density at radius 2 is 2.00 bits per heavy atom. The first kappa shape index (κ1) is 18.8. The number of hydrogen-bond donors (Lipinski definition) is 2. The van der Waals surface area contributed by atoms with Gasteiger partial charge in [-0.3, -0.25) is 4.98 Å². The van der Waals surface area contributed by atoms with Gasteiger partial charge in [0, 0.05) is 24.2 Å². The first-order valence-electron chi connectivity index (χ1n) is 7.03. The average molecular weight is 344 g/mol. The fraction of sp³-hybridized carbons (Fsp3) is 0.400. The smallest absolute Gasteiger partial charge is 0.241 e. The normalized spacial score (nSPS) is 12.9. The van der Waals surface area contributed by atoms with Crippen molar-refractivity contribution in [1.29, 1.82) is 0 Å². The summed E-state index contributed by atoms with van der Waals surface area (Å²) >= 11 is 0. The molecule has 5 nitrogen and oxygen atoms in total. The molecule has 2 rings (SSSR count). The molecule has 7 heteroatoms. The highest BCUT2D eigenvalue weighted by Crippen LogP contribution is 2.23. The van der Waals surface area contributed by atoms with E-state index in [2.05, 4.69) is 15.0 Å². The fourth-order valence-electron chi connectivity index (χ4n) is 2.26. The number of aryl methyl sites for hydroxylation is 1. The van der Waals surface area contributed by atoms with Crippen LogP contribution in [0.15, 0.2) is 35.4 Å². The van der Waals surface area contributed by atoms with E-state index < -0.39 is 10.0 Å². The second-order valence-corrected chi connectivity index (χ2v) is 6.83. The summed E-state index contributed by atoms with van der Waals surface area (Å²) in [6.45, 7) is 7.02. The number of pyridine rings is 1. The zero-order chi connectivity index (χ0) is 15.5. The predicted octanol–water partition coefficient (Wildman–Crippen LogP) is 2.24. The van der Waals surface area contributed by atoms with Crippen LogP contribution in [0.1, 0.15) is 19.4 Å². The van der Waals surface area contributed by atoms with E-state index in [1.807, 2.05) is 20.8 Å². The minimum absolute atomic E-state index is 0. The molecule has 122 valence electrons. The maximum atomic E-state index is 12.5. The molecule has 22 heavy (non-hydrogen) atoms. The average Bonchev–Trinajstić information content (AvgIpc) is 2.46. The summed E-state index contributed by atoms with van der Waals surface area (Å²) < 4.78 is 27.7. The number of hydrogen-bond acceptors (Lipinski definition) is 4. The highest BCUT2D eigenvalue weighted by Gasteiger charge is 2.18. The molecule has 2 aromatic rings. The third kappa shape index (κ3) is 4.16. The molecule has 1 heterocycles. The van der Waals surface area contributed by atoms with E-state index in [1.54, 1.807) is 30.5 Å². The predicted molar refractivity (Wildman–Crippen MR) is 92.1 cm³/mol. The quantitative estimate of drug-likeness (QED) is 0.843. The molecule has 0 spiro atoms. The van der Waals surface area contributed by atoms with Gasteiger partial charge in [-0.25, -0.2) is 13.1 Å². The fourth-order valence-corrected chi connectivity index (χ4v) is 3.58. The van der Waals surface area contributed by atoms with Crippen LogP contribution in [-0.4, -0.2) is 32.5 Å². The minimum atomic E-state index is -3.55. The highest BCUT2D eigenvalue weighted by atomic mass is 35.5. The van der Waals surface area contributed by atoms with E-state index in [9.17, 15) is 8.42 Å². The molecule has 0 aliphatic rings. The van der Waals surface area contributed by atoms with Crippen molar-refractivity contribution in [2.75, 3.05) is 13.1 Å². The maximum absolute atomic E-state index is 12.5. The van der Waals surface area contributed by atoms with Crippen molar-refractivity contribution in [2.24, 2.45) is 0 Å². The second-order valence-electron chi connectivity index (χ2n) is 5.09. The lowest BCUT2D eigenvalue weighted by atomic mass is 10.1. The lowest BCUT2D eigenvalue weighted by molar-refractivity contribution is 0.536. The first-order valence-corrected chi connectivity index (χ1v) is 8.51. The van der Waals surface area contributed by atoms with Crippen molar-refractivity contribution in [1.82, 2.24) is 15.0 Å². The molecule has 1 aromatic heterocycles. The molecule has 0 aliphatic carbocycles. The van der Waals surface area contributed by atoms with Crippen molar-refractivity contribution in [3.05, 3.63) is 36.0 Å². The summed E-state index contributed by atoms with van der Waals surface area (Å²) in [4.78, 5) is 4.55. The number of likely N-dealkylation sites (N-methyl/N-ethyl adjacent to an activating group) is 1. The van der Waals surface area contributed by atoms with Crippen LogP contribution < -0.4 is 10.0 Å². The Morgan fingerprint density at radius 1 is 1.27 bits per heavy atom. The summed E-state index contributed by atoms with van der Waals surface area (Å²) in [6.07, 6.45) is 1.67. The standard InChI is InChI=1S/C15H21N3O2S.ClH/c1-4-16-12(3)10-18-21(19,20)14-8-7-11(2)15-13(14)6-5-9-17-15;/h5-9,12,16,18H,4,10H2,1-3H3;1H/t12-;/m1./s1. The number of nitrogens with zero attached hydrogens (tertiary/aromatic N) is 1. The van der Waals surface area contributed by atoms with Gasteiger partial charge in [-0.2, -0.15) is 0 Å². The number of fused-ring (bicyclic) bond motifs is 1. The Bertz CT molecular complexity index is 735. The molecule has 1 aromatic carbocycles. The number of halogens is 1.